The van der Waals surface area contributed by atoms with Crippen molar-refractivity contribution >= 4 is 9.84 Å². The fourth-order valence-corrected chi connectivity index (χ4v) is 2.21. The predicted octanol–water partition coefficient (Wildman–Crippen LogP) is 5.30. The van der Waals surface area contributed by atoms with Gasteiger partial charge in [0.25, 0.3) is 0 Å². The second kappa shape index (κ2) is 13.9. The summed E-state index contributed by atoms with van der Waals surface area (Å²) in [6, 6.07) is 5.27. The summed E-state index contributed by atoms with van der Waals surface area (Å²) in [5, 5.41) is 0. The van der Waals surface area contributed by atoms with Gasteiger partial charge < -0.3 is 4.74 Å². The first kappa shape index (κ1) is 25.0. The number of sulfone groups is 1. The highest BCUT2D eigenvalue weighted by atomic mass is 32.2. The molecule has 0 aliphatic carbocycles. The largest absolute Gasteiger partial charge is 0.495 e. The van der Waals surface area contributed by atoms with Crippen LogP contribution in [0, 0.1) is 0 Å². The van der Waals surface area contributed by atoms with Crippen LogP contribution in [0.3, 0.4) is 0 Å². The molecular weight excluding hydrogens is 284 g/mol. The van der Waals surface area contributed by atoms with Crippen molar-refractivity contribution in [1.82, 2.24) is 0 Å². The highest BCUT2D eigenvalue weighted by Gasteiger charge is 2.15. The highest BCUT2D eigenvalue weighted by molar-refractivity contribution is 7.90. The lowest BCUT2D eigenvalue weighted by molar-refractivity contribution is 0.402. The van der Waals surface area contributed by atoms with E-state index in [9.17, 15) is 8.42 Å². The van der Waals surface area contributed by atoms with Crippen molar-refractivity contribution in [2.45, 2.75) is 66.2 Å². The molecule has 0 saturated heterocycles. The number of methoxy groups -OCH3 is 1. The quantitative estimate of drug-likeness (QED) is 0.759. The number of hydrogen-bond donors (Lipinski definition) is 0. The Morgan fingerprint density at radius 1 is 0.952 bits per heavy atom. The van der Waals surface area contributed by atoms with Crippen molar-refractivity contribution in [2.24, 2.45) is 0 Å². The van der Waals surface area contributed by atoms with Gasteiger partial charge in [-0.2, -0.15) is 0 Å². The molecule has 1 aromatic rings. The third-order valence-corrected chi connectivity index (χ3v) is 3.37. The van der Waals surface area contributed by atoms with Crippen molar-refractivity contribution in [1.29, 1.82) is 0 Å². The van der Waals surface area contributed by atoms with E-state index in [0.29, 0.717) is 11.7 Å². The number of ether oxygens (including phenoxy) is 1. The Kier molecular flexibility index (Phi) is 16.6. The van der Waals surface area contributed by atoms with E-state index in [4.69, 9.17) is 4.74 Å². The summed E-state index contributed by atoms with van der Waals surface area (Å²) >= 11 is 0. The number of benzene rings is 1. The molecule has 1 rings (SSSR count). The maximum atomic E-state index is 11.5. The summed E-state index contributed by atoms with van der Waals surface area (Å²) in [7, 11) is -1.76. The lowest BCUT2D eigenvalue weighted by Gasteiger charge is -2.11. The maximum absolute atomic E-state index is 11.5. The second-order valence-corrected chi connectivity index (χ2v) is 5.82. The molecule has 3 nitrogen and oxygen atoms in total. The molecule has 0 aromatic heterocycles. The Labute approximate surface area is 132 Å². The van der Waals surface area contributed by atoms with Crippen molar-refractivity contribution in [2.75, 3.05) is 13.4 Å². The third kappa shape index (κ3) is 9.51. The van der Waals surface area contributed by atoms with E-state index in [-0.39, 0.29) is 4.90 Å². The molecule has 0 spiro atoms. The maximum Gasteiger partial charge on any atom is 0.179 e. The molecule has 1 aromatic carbocycles. The fourth-order valence-electron chi connectivity index (χ4n) is 1.34. The van der Waals surface area contributed by atoms with Gasteiger partial charge in [0.15, 0.2) is 9.84 Å². The minimum Gasteiger partial charge on any atom is -0.495 e. The molecule has 0 aliphatic rings. The SMILES string of the molecule is CC.CC.CC.COc1ccc(C(C)C)cc1S(C)(=O)=O. The molecule has 0 amide bonds. The Balaban J connectivity index is -0.000000478. The van der Waals surface area contributed by atoms with E-state index in [1.165, 1.54) is 13.4 Å². The van der Waals surface area contributed by atoms with Crippen LogP contribution in [-0.2, 0) is 9.84 Å². The van der Waals surface area contributed by atoms with Crippen LogP contribution in [0.15, 0.2) is 23.1 Å². The van der Waals surface area contributed by atoms with Crippen LogP contribution in [0.5, 0.6) is 5.75 Å². The van der Waals surface area contributed by atoms with Crippen molar-refractivity contribution in [3.63, 3.8) is 0 Å². The van der Waals surface area contributed by atoms with Gasteiger partial charge in [0.2, 0.25) is 0 Å². The molecule has 0 saturated carbocycles. The molecule has 4 heteroatoms. The normalized spacial score (nSPS) is 9.29. The van der Waals surface area contributed by atoms with E-state index in [2.05, 4.69) is 0 Å². The van der Waals surface area contributed by atoms with Gasteiger partial charge in [0.05, 0.1) is 7.11 Å². The molecule has 0 aliphatic heterocycles. The fraction of sp³-hybridized carbons (Fsp3) is 0.647. The summed E-state index contributed by atoms with van der Waals surface area (Å²) in [5.41, 5.74) is 0.997. The van der Waals surface area contributed by atoms with Crippen LogP contribution in [0.2, 0.25) is 0 Å². The molecular formula is C17H34O3S. The molecule has 0 bridgehead atoms. The van der Waals surface area contributed by atoms with Crippen LogP contribution >= 0.6 is 0 Å². The summed E-state index contributed by atoms with van der Waals surface area (Å²) in [5.74, 6) is 0.707. The van der Waals surface area contributed by atoms with Gasteiger partial charge in [-0.1, -0.05) is 61.5 Å². The van der Waals surface area contributed by atoms with Crippen LogP contribution in [0.25, 0.3) is 0 Å². The smallest absolute Gasteiger partial charge is 0.179 e. The topological polar surface area (TPSA) is 43.4 Å². The first-order chi connectivity index (χ1) is 9.86. The van der Waals surface area contributed by atoms with Crippen LogP contribution in [0.1, 0.15) is 66.9 Å². The van der Waals surface area contributed by atoms with Crippen molar-refractivity contribution in [3.05, 3.63) is 23.8 Å². The monoisotopic (exact) mass is 318 g/mol. The standard InChI is InChI=1S/C11H16O3S.3C2H6/c1-8(2)9-5-6-10(14-3)11(7-9)15(4,12)13;3*1-2/h5-8H,1-4H3;3*1-2H3. The van der Waals surface area contributed by atoms with E-state index >= 15 is 0 Å². The van der Waals surface area contributed by atoms with Crippen LogP contribution in [0.4, 0.5) is 0 Å². The van der Waals surface area contributed by atoms with Crippen molar-refractivity contribution < 1.29 is 13.2 Å². The van der Waals surface area contributed by atoms with E-state index in [0.717, 1.165) is 5.56 Å². The molecule has 21 heavy (non-hydrogen) atoms. The molecule has 0 unspecified atom stereocenters. The molecule has 0 heterocycles. The van der Waals surface area contributed by atoms with Gasteiger partial charge in [-0.25, -0.2) is 8.42 Å². The zero-order chi connectivity index (χ0) is 17.6. The van der Waals surface area contributed by atoms with Gasteiger partial charge in [0.1, 0.15) is 10.6 Å². The summed E-state index contributed by atoms with van der Waals surface area (Å²) in [6.45, 7) is 16.0. The lowest BCUT2D eigenvalue weighted by atomic mass is 10.0. The summed E-state index contributed by atoms with van der Waals surface area (Å²) in [6.07, 6.45) is 1.19. The van der Waals surface area contributed by atoms with Crippen LogP contribution < -0.4 is 4.74 Å². The summed E-state index contributed by atoms with van der Waals surface area (Å²) in [4.78, 5) is 0.260. The summed E-state index contributed by atoms with van der Waals surface area (Å²) < 4.78 is 28.0. The number of hydrogen-bond acceptors (Lipinski definition) is 3. The lowest BCUT2D eigenvalue weighted by Crippen LogP contribution is -2.02. The first-order valence-corrected chi connectivity index (χ1v) is 9.63. The third-order valence-electron chi connectivity index (χ3n) is 2.25. The van der Waals surface area contributed by atoms with Gasteiger partial charge in [-0.05, 0) is 23.6 Å². The van der Waals surface area contributed by atoms with Gasteiger partial charge >= 0.3 is 0 Å². The van der Waals surface area contributed by atoms with E-state index in [1.807, 2.05) is 61.5 Å². The number of rotatable bonds is 3. The van der Waals surface area contributed by atoms with E-state index < -0.39 is 9.84 Å². The van der Waals surface area contributed by atoms with Gasteiger partial charge in [0, 0.05) is 6.26 Å². The minimum atomic E-state index is -3.23. The average Bonchev–Trinajstić information content (AvgIpc) is 2.51. The molecule has 0 radical (unpaired) electrons. The Morgan fingerprint density at radius 2 is 1.38 bits per heavy atom. The Bertz CT molecular complexity index is 449. The molecule has 0 atom stereocenters. The zero-order valence-corrected chi connectivity index (χ0v) is 16.3. The molecule has 126 valence electrons. The molecule has 0 fully saturated rings. The predicted molar refractivity (Wildman–Crippen MR) is 94.2 cm³/mol. The van der Waals surface area contributed by atoms with Gasteiger partial charge in [-0.15, -0.1) is 0 Å². The minimum absolute atomic E-state index is 0.260. The van der Waals surface area contributed by atoms with Gasteiger partial charge in [-0.3, -0.25) is 0 Å². The average molecular weight is 319 g/mol. The molecule has 0 N–H and O–H groups in total. The zero-order valence-electron chi connectivity index (χ0n) is 15.4. The highest BCUT2D eigenvalue weighted by Crippen LogP contribution is 2.27. The Hall–Kier alpha value is -1.03. The van der Waals surface area contributed by atoms with Crippen molar-refractivity contribution in [3.8, 4) is 5.75 Å². The first-order valence-electron chi connectivity index (χ1n) is 7.74. The second-order valence-electron chi connectivity index (χ2n) is 3.84. The van der Waals surface area contributed by atoms with E-state index in [1.54, 1.807) is 12.1 Å². The van der Waals surface area contributed by atoms with Crippen LogP contribution in [-0.4, -0.2) is 21.8 Å². The Morgan fingerprint density at radius 3 is 1.67 bits per heavy atom.